The van der Waals surface area contributed by atoms with Gasteiger partial charge in [-0.25, -0.2) is 4.98 Å². The van der Waals surface area contributed by atoms with Crippen LogP contribution in [0.2, 0.25) is 0 Å². The first-order valence-corrected chi connectivity index (χ1v) is 6.46. The first kappa shape index (κ1) is 11.7. The van der Waals surface area contributed by atoms with Crippen LogP contribution in [0.3, 0.4) is 0 Å². The molecule has 18 heavy (non-hydrogen) atoms. The lowest BCUT2D eigenvalue weighted by atomic mass is 9.91. The molecule has 2 aromatic rings. The molecule has 1 aliphatic rings. The van der Waals surface area contributed by atoms with Crippen LogP contribution in [0.25, 0.3) is 11.1 Å². The van der Waals surface area contributed by atoms with Crippen LogP contribution < -0.4 is 5.32 Å². The van der Waals surface area contributed by atoms with Crippen LogP contribution in [0.15, 0.2) is 29.0 Å². The normalized spacial score (nSPS) is 21.8. The Morgan fingerprint density at radius 2 is 2.33 bits per heavy atom. The van der Waals surface area contributed by atoms with E-state index in [0.717, 1.165) is 24.2 Å². The second-order valence-corrected chi connectivity index (χ2v) is 5.24. The topological polar surface area (TPSA) is 41.3 Å². The average molecular weight is 245 g/mol. The Bertz CT molecular complexity index is 529. The first-order valence-electron chi connectivity index (χ1n) is 6.46. The summed E-state index contributed by atoms with van der Waals surface area (Å²) in [5.41, 5.74) is 3.13. The van der Waals surface area contributed by atoms with Gasteiger partial charge < -0.3 is 14.6 Å². The summed E-state index contributed by atoms with van der Waals surface area (Å²) < 4.78 is 5.41. The second-order valence-electron chi connectivity index (χ2n) is 5.24. The van der Waals surface area contributed by atoms with E-state index in [1.165, 1.54) is 18.4 Å². The predicted octanol–water partition coefficient (Wildman–Crippen LogP) is 2.04. The minimum absolute atomic E-state index is 0.439. The summed E-state index contributed by atoms with van der Waals surface area (Å²) in [5, 5.41) is 3.45. The van der Waals surface area contributed by atoms with Gasteiger partial charge in [-0.3, -0.25) is 0 Å². The Morgan fingerprint density at radius 1 is 1.44 bits per heavy atom. The number of nitrogens with zero attached hydrogens (tertiary/aromatic N) is 2. The first-order chi connectivity index (χ1) is 8.75. The van der Waals surface area contributed by atoms with E-state index in [1.54, 1.807) is 0 Å². The lowest BCUT2D eigenvalue weighted by Crippen LogP contribution is -2.28. The summed E-state index contributed by atoms with van der Waals surface area (Å²) in [6.07, 6.45) is 2.74. The largest absolute Gasteiger partial charge is 0.443 e. The third-order valence-electron chi connectivity index (χ3n) is 3.80. The van der Waals surface area contributed by atoms with Crippen LogP contribution in [0, 0.1) is 5.92 Å². The fourth-order valence-electron chi connectivity index (χ4n) is 2.99. The Kier molecular flexibility index (Phi) is 3.06. The van der Waals surface area contributed by atoms with Crippen LogP contribution in [0.1, 0.15) is 18.0 Å². The van der Waals surface area contributed by atoms with Gasteiger partial charge in [-0.05, 0) is 57.2 Å². The third kappa shape index (κ3) is 2.02. The molecule has 0 spiro atoms. The van der Waals surface area contributed by atoms with Crippen LogP contribution in [0.5, 0.6) is 0 Å². The lowest BCUT2D eigenvalue weighted by molar-refractivity contribution is 0.223. The number of hydrogen-bond donors (Lipinski definition) is 1. The maximum atomic E-state index is 5.41. The minimum Gasteiger partial charge on any atom is -0.443 e. The van der Waals surface area contributed by atoms with Crippen LogP contribution in [0.4, 0.5) is 0 Å². The summed E-state index contributed by atoms with van der Waals surface area (Å²) in [4.78, 5) is 6.47. The van der Waals surface area contributed by atoms with Crippen molar-refractivity contribution in [3.63, 3.8) is 0 Å². The molecule has 0 bridgehead atoms. The van der Waals surface area contributed by atoms with Gasteiger partial charge in [0.05, 0.1) is 0 Å². The third-order valence-corrected chi connectivity index (χ3v) is 3.80. The van der Waals surface area contributed by atoms with Gasteiger partial charge in [-0.2, -0.15) is 0 Å². The number of aromatic nitrogens is 1. The van der Waals surface area contributed by atoms with E-state index in [-0.39, 0.29) is 0 Å². The fourth-order valence-corrected chi connectivity index (χ4v) is 2.99. The summed E-state index contributed by atoms with van der Waals surface area (Å²) in [5.74, 6) is 0.667. The summed E-state index contributed by atoms with van der Waals surface area (Å²) >= 11 is 0. The van der Waals surface area contributed by atoms with Gasteiger partial charge in [0.2, 0.25) is 0 Å². The van der Waals surface area contributed by atoms with Crippen LogP contribution in [-0.4, -0.2) is 37.1 Å². The highest BCUT2D eigenvalue weighted by atomic mass is 16.3. The Hall–Kier alpha value is -1.39. The molecule has 4 heteroatoms. The van der Waals surface area contributed by atoms with E-state index in [4.69, 9.17) is 4.42 Å². The molecule has 2 atom stereocenters. The maximum Gasteiger partial charge on any atom is 0.181 e. The number of rotatable bonds is 3. The highest BCUT2D eigenvalue weighted by Gasteiger charge is 2.28. The Balaban J connectivity index is 1.97. The molecule has 96 valence electrons. The Labute approximate surface area is 107 Å². The van der Waals surface area contributed by atoms with Crippen molar-refractivity contribution in [2.45, 2.75) is 12.5 Å². The Morgan fingerprint density at radius 3 is 3.06 bits per heavy atom. The standard InChI is InChI=1S/C14H19N3O/c1-17(2)14(11-5-6-15-8-11)10-3-4-12-13(7-10)18-9-16-12/h3-4,7,9,11,14-15H,5-6,8H2,1-2H3. The molecular weight excluding hydrogens is 226 g/mol. The lowest BCUT2D eigenvalue weighted by Gasteiger charge is -2.29. The molecule has 1 aliphatic heterocycles. The van der Waals surface area contributed by atoms with Crippen molar-refractivity contribution in [2.24, 2.45) is 5.92 Å². The average Bonchev–Trinajstić information content (AvgIpc) is 2.98. The zero-order valence-electron chi connectivity index (χ0n) is 10.9. The molecule has 1 aromatic carbocycles. The fraction of sp³-hybridized carbons (Fsp3) is 0.500. The van der Waals surface area contributed by atoms with E-state index >= 15 is 0 Å². The molecule has 0 radical (unpaired) electrons. The molecule has 0 saturated carbocycles. The molecule has 0 amide bonds. The molecular formula is C14H19N3O. The SMILES string of the molecule is CN(C)C(c1ccc2ncoc2c1)C1CCNC1. The minimum atomic E-state index is 0.439. The van der Waals surface area contributed by atoms with Crippen LogP contribution in [-0.2, 0) is 0 Å². The van der Waals surface area contributed by atoms with Crippen molar-refractivity contribution in [2.75, 3.05) is 27.2 Å². The molecule has 4 nitrogen and oxygen atoms in total. The van der Waals surface area contributed by atoms with Gasteiger partial charge in [0.1, 0.15) is 5.52 Å². The summed E-state index contributed by atoms with van der Waals surface area (Å²) in [6.45, 7) is 2.22. The zero-order valence-corrected chi connectivity index (χ0v) is 10.9. The second kappa shape index (κ2) is 4.71. The van der Waals surface area contributed by atoms with Crippen molar-refractivity contribution in [1.29, 1.82) is 0 Å². The number of hydrogen-bond acceptors (Lipinski definition) is 4. The van der Waals surface area contributed by atoms with Crippen molar-refractivity contribution in [3.8, 4) is 0 Å². The molecule has 1 saturated heterocycles. The molecule has 3 rings (SSSR count). The molecule has 2 unspecified atom stereocenters. The predicted molar refractivity (Wildman–Crippen MR) is 71.4 cm³/mol. The number of nitrogens with one attached hydrogen (secondary N) is 1. The van der Waals surface area contributed by atoms with Gasteiger partial charge in [-0.1, -0.05) is 6.07 Å². The van der Waals surface area contributed by atoms with E-state index in [9.17, 15) is 0 Å². The number of benzene rings is 1. The molecule has 1 aromatic heterocycles. The number of oxazole rings is 1. The quantitative estimate of drug-likeness (QED) is 0.898. The van der Waals surface area contributed by atoms with Crippen molar-refractivity contribution in [3.05, 3.63) is 30.2 Å². The maximum absolute atomic E-state index is 5.41. The molecule has 2 heterocycles. The monoisotopic (exact) mass is 245 g/mol. The van der Waals surface area contributed by atoms with E-state index in [0.29, 0.717) is 12.0 Å². The van der Waals surface area contributed by atoms with Gasteiger partial charge in [0.15, 0.2) is 12.0 Å². The highest BCUT2D eigenvalue weighted by Crippen LogP contribution is 2.32. The van der Waals surface area contributed by atoms with Gasteiger partial charge in [-0.15, -0.1) is 0 Å². The molecule has 0 aliphatic carbocycles. The smallest absolute Gasteiger partial charge is 0.181 e. The van der Waals surface area contributed by atoms with Crippen molar-refractivity contribution in [1.82, 2.24) is 15.2 Å². The zero-order chi connectivity index (χ0) is 12.5. The van der Waals surface area contributed by atoms with Crippen LogP contribution >= 0.6 is 0 Å². The van der Waals surface area contributed by atoms with E-state index < -0.39 is 0 Å². The van der Waals surface area contributed by atoms with E-state index in [2.05, 4.69) is 41.4 Å². The number of fused-ring (bicyclic) bond motifs is 1. The van der Waals surface area contributed by atoms with Crippen molar-refractivity contribution >= 4 is 11.1 Å². The highest BCUT2D eigenvalue weighted by molar-refractivity contribution is 5.72. The van der Waals surface area contributed by atoms with Crippen molar-refractivity contribution < 1.29 is 4.42 Å². The van der Waals surface area contributed by atoms with Gasteiger partial charge >= 0.3 is 0 Å². The van der Waals surface area contributed by atoms with E-state index in [1.807, 2.05) is 6.07 Å². The van der Waals surface area contributed by atoms with Gasteiger partial charge in [0.25, 0.3) is 0 Å². The molecule has 1 fully saturated rings. The summed E-state index contributed by atoms with van der Waals surface area (Å²) in [7, 11) is 4.29. The summed E-state index contributed by atoms with van der Waals surface area (Å²) in [6, 6.07) is 6.79. The van der Waals surface area contributed by atoms with Gasteiger partial charge in [0, 0.05) is 6.04 Å². The molecule has 1 N–H and O–H groups in total.